The number of rotatable bonds is 26. The van der Waals surface area contributed by atoms with E-state index in [4.69, 9.17) is 4.74 Å². The predicted octanol–water partition coefficient (Wildman–Crippen LogP) is 12.6. The lowest BCUT2D eigenvalue weighted by Crippen LogP contribution is -2.36. The highest BCUT2D eigenvalue weighted by Gasteiger charge is 2.38. The molecule has 0 fully saturated rings. The summed E-state index contributed by atoms with van der Waals surface area (Å²) >= 11 is 0. The third-order valence-corrected chi connectivity index (χ3v) is 9.44. The summed E-state index contributed by atoms with van der Waals surface area (Å²) in [6, 6.07) is 13.6. The standard InChI is InChI=1S/C41H66O3/c1-5-8-11-12-13-14-15-16-17-18-19-20-21-22-23-27-32-41(4,40(43)44-38-30-25-24-26-31-38)37-33-35(28-9-6-2)39(42)36(34-37)29-10-7-3/h24-26,30-31,33-34,42H,5-23,27-29,32H2,1-4H3. The summed E-state index contributed by atoms with van der Waals surface area (Å²) in [5, 5.41) is 11.1. The molecule has 248 valence electrons. The molecule has 1 N–H and O–H groups in total. The van der Waals surface area contributed by atoms with Crippen LogP contribution in [0.2, 0.25) is 0 Å². The van der Waals surface area contributed by atoms with Crippen molar-refractivity contribution in [1.82, 2.24) is 0 Å². The van der Waals surface area contributed by atoms with E-state index >= 15 is 0 Å². The van der Waals surface area contributed by atoms with Crippen LogP contribution in [0.25, 0.3) is 0 Å². The lowest BCUT2D eigenvalue weighted by molar-refractivity contribution is -0.140. The average molecular weight is 607 g/mol. The van der Waals surface area contributed by atoms with Crippen LogP contribution < -0.4 is 4.74 Å². The number of ether oxygens (including phenoxy) is 1. The quantitative estimate of drug-likeness (QED) is 0.0658. The van der Waals surface area contributed by atoms with Crippen molar-refractivity contribution in [2.24, 2.45) is 0 Å². The average Bonchev–Trinajstić information content (AvgIpc) is 3.03. The van der Waals surface area contributed by atoms with Crippen LogP contribution in [0.1, 0.15) is 179 Å². The van der Waals surface area contributed by atoms with Crippen molar-refractivity contribution in [1.29, 1.82) is 0 Å². The van der Waals surface area contributed by atoms with Crippen LogP contribution in [-0.4, -0.2) is 11.1 Å². The van der Waals surface area contributed by atoms with E-state index in [0.29, 0.717) is 11.5 Å². The highest BCUT2D eigenvalue weighted by Crippen LogP contribution is 2.38. The first kappa shape index (κ1) is 37.9. The Morgan fingerprint density at radius 1 is 0.614 bits per heavy atom. The fourth-order valence-electron chi connectivity index (χ4n) is 6.29. The van der Waals surface area contributed by atoms with Crippen LogP contribution in [0.5, 0.6) is 11.5 Å². The van der Waals surface area contributed by atoms with Gasteiger partial charge in [-0.05, 0) is 67.9 Å². The highest BCUT2D eigenvalue weighted by atomic mass is 16.5. The van der Waals surface area contributed by atoms with Gasteiger partial charge in [-0.2, -0.15) is 0 Å². The molecule has 0 aliphatic rings. The van der Waals surface area contributed by atoms with Gasteiger partial charge in [0.05, 0.1) is 5.41 Å². The first-order chi connectivity index (χ1) is 21.5. The van der Waals surface area contributed by atoms with E-state index in [2.05, 4.69) is 39.8 Å². The molecule has 2 rings (SSSR count). The Labute approximate surface area is 271 Å². The monoisotopic (exact) mass is 607 g/mol. The van der Waals surface area contributed by atoms with Crippen LogP contribution in [0, 0.1) is 0 Å². The highest BCUT2D eigenvalue weighted by molar-refractivity contribution is 5.85. The van der Waals surface area contributed by atoms with Crippen LogP contribution in [0.4, 0.5) is 0 Å². The van der Waals surface area contributed by atoms with Gasteiger partial charge in [0.2, 0.25) is 0 Å². The van der Waals surface area contributed by atoms with E-state index in [1.165, 1.54) is 89.9 Å². The first-order valence-corrected chi connectivity index (χ1v) is 18.6. The topological polar surface area (TPSA) is 46.5 Å². The summed E-state index contributed by atoms with van der Waals surface area (Å²) in [5.74, 6) is 0.821. The third-order valence-electron chi connectivity index (χ3n) is 9.44. The number of unbranched alkanes of at least 4 members (excludes halogenated alkanes) is 17. The Morgan fingerprint density at radius 2 is 1.02 bits per heavy atom. The molecule has 44 heavy (non-hydrogen) atoms. The Hall–Kier alpha value is -2.29. The van der Waals surface area contributed by atoms with Crippen LogP contribution >= 0.6 is 0 Å². The zero-order valence-corrected chi connectivity index (χ0v) is 29.1. The Morgan fingerprint density at radius 3 is 1.45 bits per heavy atom. The fraction of sp³-hybridized carbons (Fsp3) is 0.683. The number of hydrogen-bond donors (Lipinski definition) is 1. The first-order valence-electron chi connectivity index (χ1n) is 18.6. The van der Waals surface area contributed by atoms with Crippen molar-refractivity contribution < 1.29 is 14.6 Å². The van der Waals surface area contributed by atoms with E-state index in [0.717, 1.165) is 74.5 Å². The van der Waals surface area contributed by atoms with Gasteiger partial charge in [-0.25, -0.2) is 0 Å². The van der Waals surface area contributed by atoms with Gasteiger partial charge in [-0.15, -0.1) is 0 Å². The number of carbonyl (C=O) groups is 1. The van der Waals surface area contributed by atoms with Crippen molar-refractivity contribution in [2.75, 3.05) is 0 Å². The number of benzene rings is 2. The maximum absolute atomic E-state index is 13.9. The molecule has 0 radical (unpaired) electrons. The second kappa shape index (κ2) is 23.1. The summed E-state index contributed by atoms with van der Waals surface area (Å²) in [6.45, 7) is 8.70. The van der Waals surface area contributed by atoms with Crippen molar-refractivity contribution in [3.05, 3.63) is 59.2 Å². The molecule has 3 nitrogen and oxygen atoms in total. The van der Waals surface area contributed by atoms with Gasteiger partial charge in [0.25, 0.3) is 0 Å². The van der Waals surface area contributed by atoms with E-state index in [-0.39, 0.29) is 5.97 Å². The van der Waals surface area contributed by atoms with Crippen LogP contribution in [-0.2, 0) is 23.1 Å². The molecule has 2 aromatic carbocycles. The largest absolute Gasteiger partial charge is 0.507 e. The number of carbonyl (C=O) groups excluding carboxylic acids is 1. The summed E-state index contributed by atoms with van der Waals surface area (Å²) in [5.41, 5.74) is 2.18. The molecule has 2 aromatic rings. The van der Waals surface area contributed by atoms with E-state index in [1.54, 1.807) is 0 Å². The zero-order chi connectivity index (χ0) is 31.9. The van der Waals surface area contributed by atoms with Crippen molar-refractivity contribution in [3.8, 4) is 11.5 Å². The van der Waals surface area contributed by atoms with Gasteiger partial charge in [0, 0.05) is 0 Å². The van der Waals surface area contributed by atoms with Gasteiger partial charge >= 0.3 is 5.97 Å². The summed E-state index contributed by atoms with van der Waals surface area (Å²) in [4.78, 5) is 13.9. The van der Waals surface area contributed by atoms with Crippen molar-refractivity contribution in [3.63, 3.8) is 0 Å². The molecule has 0 bridgehead atoms. The molecule has 3 heteroatoms. The lowest BCUT2D eigenvalue weighted by Gasteiger charge is -2.29. The summed E-state index contributed by atoms with van der Waals surface area (Å²) in [7, 11) is 0. The van der Waals surface area contributed by atoms with E-state index in [1.807, 2.05) is 30.3 Å². The molecule has 0 heterocycles. The third kappa shape index (κ3) is 14.2. The normalized spacial score (nSPS) is 12.7. The minimum atomic E-state index is -0.762. The molecule has 0 aliphatic heterocycles. The number of aromatic hydroxyl groups is 1. The Kier molecular flexibility index (Phi) is 19.9. The summed E-state index contributed by atoms with van der Waals surface area (Å²) in [6.07, 6.45) is 27.9. The number of esters is 1. The van der Waals surface area contributed by atoms with Gasteiger partial charge in [-0.1, -0.05) is 167 Å². The van der Waals surface area contributed by atoms with Gasteiger partial charge in [-0.3, -0.25) is 4.79 Å². The van der Waals surface area contributed by atoms with E-state index < -0.39 is 5.41 Å². The second-order valence-corrected chi connectivity index (χ2v) is 13.4. The summed E-state index contributed by atoms with van der Waals surface area (Å²) < 4.78 is 5.98. The minimum Gasteiger partial charge on any atom is -0.507 e. The molecule has 1 unspecified atom stereocenters. The van der Waals surface area contributed by atoms with Crippen molar-refractivity contribution in [2.45, 2.75) is 181 Å². The maximum atomic E-state index is 13.9. The Balaban J connectivity index is 1.92. The molecule has 0 aliphatic carbocycles. The molecule has 0 saturated carbocycles. The maximum Gasteiger partial charge on any atom is 0.321 e. The van der Waals surface area contributed by atoms with Crippen LogP contribution in [0.15, 0.2) is 42.5 Å². The van der Waals surface area contributed by atoms with Gasteiger partial charge in [0.1, 0.15) is 11.5 Å². The van der Waals surface area contributed by atoms with Crippen LogP contribution in [0.3, 0.4) is 0 Å². The number of phenols is 1. The second-order valence-electron chi connectivity index (χ2n) is 13.4. The number of aryl methyl sites for hydroxylation is 2. The fourth-order valence-corrected chi connectivity index (χ4v) is 6.29. The molecule has 0 spiro atoms. The minimum absolute atomic E-state index is 0.196. The molecular formula is C41H66O3. The lowest BCUT2D eigenvalue weighted by atomic mass is 9.76. The van der Waals surface area contributed by atoms with E-state index in [9.17, 15) is 9.90 Å². The Bertz CT molecular complexity index is 985. The SMILES string of the molecule is CCCCCCCCCCCCCCCCCCC(C)(C(=O)Oc1ccccc1)c1cc(CCCC)c(O)c(CCCC)c1. The molecule has 0 saturated heterocycles. The molecule has 0 amide bonds. The number of phenolic OH excluding ortho intramolecular Hbond substituents is 1. The predicted molar refractivity (Wildman–Crippen MR) is 189 cm³/mol. The van der Waals surface area contributed by atoms with Gasteiger partial charge < -0.3 is 9.84 Å². The smallest absolute Gasteiger partial charge is 0.321 e. The molecular weight excluding hydrogens is 540 g/mol. The molecule has 0 aromatic heterocycles. The molecule has 1 atom stereocenters. The van der Waals surface area contributed by atoms with Crippen molar-refractivity contribution >= 4 is 5.97 Å². The number of para-hydroxylation sites is 1. The zero-order valence-electron chi connectivity index (χ0n) is 29.1. The van der Waals surface area contributed by atoms with Gasteiger partial charge in [0.15, 0.2) is 0 Å². The number of hydrogen-bond acceptors (Lipinski definition) is 3.